The summed E-state index contributed by atoms with van der Waals surface area (Å²) >= 11 is 0. The average molecular weight is 300 g/mol. The lowest BCUT2D eigenvalue weighted by molar-refractivity contribution is 0.0676. The Labute approximate surface area is 129 Å². The van der Waals surface area contributed by atoms with Gasteiger partial charge in [-0.1, -0.05) is 23.4 Å². The highest BCUT2D eigenvalue weighted by Gasteiger charge is 2.31. The predicted octanol–water partition coefficient (Wildman–Crippen LogP) is 1.64. The van der Waals surface area contributed by atoms with Crippen molar-refractivity contribution in [2.45, 2.75) is 38.3 Å². The molecular weight excluding hydrogens is 280 g/mol. The minimum absolute atomic E-state index is 0.0920. The van der Waals surface area contributed by atoms with E-state index in [9.17, 15) is 9.90 Å². The lowest BCUT2D eigenvalue weighted by atomic mass is 10.1. The molecule has 1 fully saturated rings. The van der Waals surface area contributed by atoms with Crippen LogP contribution in [0.15, 0.2) is 36.5 Å². The molecular formula is C16H20N4O2. The van der Waals surface area contributed by atoms with Gasteiger partial charge in [-0.05, 0) is 38.3 Å². The first-order chi connectivity index (χ1) is 10.6. The van der Waals surface area contributed by atoms with Crippen LogP contribution >= 0.6 is 0 Å². The van der Waals surface area contributed by atoms with Crippen molar-refractivity contribution in [1.82, 2.24) is 19.9 Å². The van der Waals surface area contributed by atoms with E-state index in [-0.39, 0.29) is 11.9 Å². The third kappa shape index (κ3) is 3.01. The van der Waals surface area contributed by atoms with Gasteiger partial charge in [0.05, 0.1) is 18.0 Å². The van der Waals surface area contributed by atoms with Crippen molar-refractivity contribution in [3.63, 3.8) is 0 Å². The van der Waals surface area contributed by atoms with E-state index >= 15 is 0 Å². The number of aliphatic hydroxyl groups excluding tert-OH is 1. The van der Waals surface area contributed by atoms with E-state index in [0.29, 0.717) is 18.7 Å². The van der Waals surface area contributed by atoms with Gasteiger partial charge in [0.25, 0.3) is 5.91 Å². The van der Waals surface area contributed by atoms with Crippen LogP contribution in [0, 0.1) is 0 Å². The number of nitrogens with zero attached hydrogens (tertiary/aromatic N) is 4. The van der Waals surface area contributed by atoms with Gasteiger partial charge >= 0.3 is 0 Å². The Morgan fingerprint density at radius 1 is 1.41 bits per heavy atom. The van der Waals surface area contributed by atoms with Crippen molar-refractivity contribution < 1.29 is 9.90 Å². The van der Waals surface area contributed by atoms with Crippen LogP contribution in [0.1, 0.15) is 36.7 Å². The van der Waals surface area contributed by atoms with E-state index in [1.54, 1.807) is 17.8 Å². The van der Waals surface area contributed by atoms with Crippen molar-refractivity contribution in [1.29, 1.82) is 0 Å². The number of rotatable bonds is 4. The molecule has 6 nitrogen and oxygen atoms in total. The monoisotopic (exact) mass is 300 g/mol. The quantitative estimate of drug-likeness (QED) is 0.932. The van der Waals surface area contributed by atoms with Gasteiger partial charge in [-0.25, -0.2) is 4.68 Å². The summed E-state index contributed by atoms with van der Waals surface area (Å²) in [5, 5.41) is 17.6. The molecule has 2 atom stereocenters. The number of likely N-dealkylation sites (tertiary alicyclic amines) is 1. The van der Waals surface area contributed by atoms with Crippen molar-refractivity contribution in [2.75, 3.05) is 6.54 Å². The number of para-hydroxylation sites is 1. The fourth-order valence-electron chi connectivity index (χ4n) is 2.96. The minimum Gasteiger partial charge on any atom is -0.393 e. The standard InChI is InChI=1S/C16H20N4O2/c1-12(21)10-14-8-5-9-19(14)16(22)15-11-20(18-17-15)13-6-3-2-4-7-13/h2-4,6-7,11-12,14,21H,5,8-10H2,1H3. The zero-order valence-electron chi connectivity index (χ0n) is 12.6. The number of carbonyl (C=O) groups excluding carboxylic acids is 1. The molecule has 0 aliphatic carbocycles. The predicted molar refractivity (Wildman–Crippen MR) is 81.7 cm³/mol. The maximum absolute atomic E-state index is 12.6. The third-order valence-corrected chi connectivity index (χ3v) is 3.98. The summed E-state index contributed by atoms with van der Waals surface area (Å²) in [6, 6.07) is 9.67. The molecule has 3 rings (SSSR count). The largest absolute Gasteiger partial charge is 0.393 e. The molecule has 0 spiro atoms. The minimum atomic E-state index is -0.404. The van der Waals surface area contributed by atoms with E-state index in [2.05, 4.69) is 10.3 Å². The zero-order chi connectivity index (χ0) is 15.5. The summed E-state index contributed by atoms with van der Waals surface area (Å²) < 4.78 is 1.60. The van der Waals surface area contributed by atoms with Crippen LogP contribution in [-0.4, -0.2) is 49.6 Å². The number of benzene rings is 1. The van der Waals surface area contributed by atoms with Crippen LogP contribution in [0.25, 0.3) is 5.69 Å². The molecule has 1 amide bonds. The lowest BCUT2D eigenvalue weighted by Gasteiger charge is -2.24. The number of carbonyl (C=O) groups is 1. The van der Waals surface area contributed by atoms with Crippen LogP contribution < -0.4 is 0 Å². The van der Waals surface area contributed by atoms with Gasteiger partial charge in [-0.3, -0.25) is 4.79 Å². The van der Waals surface area contributed by atoms with Crippen molar-refractivity contribution in [3.05, 3.63) is 42.2 Å². The van der Waals surface area contributed by atoms with Crippen molar-refractivity contribution in [3.8, 4) is 5.69 Å². The number of aliphatic hydroxyl groups is 1. The molecule has 1 aliphatic heterocycles. The van der Waals surface area contributed by atoms with Gasteiger partial charge in [-0.2, -0.15) is 0 Å². The topological polar surface area (TPSA) is 71.2 Å². The second-order valence-electron chi connectivity index (χ2n) is 5.76. The Balaban J connectivity index is 1.77. The van der Waals surface area contributed by atoms with Gasteiger partial charge in [0, 0.05) is 12.6 Å². The maximum atomic E-state index is 12.6. The molecule has 22 heavy (non-hydrogen) atoms. The summed E-state index contributed by atoms with van der Waals surface area (Å²) in [5.74, 6) is -0.106. The van der Waals surface area contributed by atoms with Gasteiger partial charge in [0.1, 0.15) is 0 Å². The number of hydrogen-bond acceptors (Lipinski definition) is 4. The Hall–Kier alpha value is -2.21. The van der Waals surface area contributed by atoms with Crippen LogP contribution in [-0.2, 0) is 0 Å². The number of amides is 1. The fourth-order valence-corrected chi connectivity index (χ4v) is 2.96. The first-order valence-corrected chi connectivity index (χ1v) is 7.62. The summed E-state index contributed by atoms with van der Waals surface area (Å²) in [5.41, 5.74) is 1.22. The van der Waals surface area contributed by atoms with E-state index in [1.807, 2.05) is 35.2 Å². The fraction of sp³-hybridized carbons (Fsp3) is 0.438. The Bertz CT molecular complexity index is 639. The van der Waals surface area contributed by atoms with Crippen LogP contribution in [0.3, 0.4) is 0 Å². The van der Waals surface area contributed by atoms with Gasteiger partial charge < -0.3 is 10.0 Å². The molecule has 1 N–H and O–H groups in total. The van der Waals surface area contributed by atoms with E-state index in [4.69, 9.17) is 0 Å². The molecule has 2 unspecified atom stereocenters. The molecule has 0 bridgehead atoms. The SMILES string of the molecule is CC(O)CC1CCCN1C(=O)c1cn(-c2ccccc2)nn1. The van der Waals surface area contributed by atoms with Crippen LogP contribution in [0.4, 0.5) is 0 Å². The molecule has 1 aliphatic rings. The molecule has 6 heteroatoms. The second kappa shape index (κ2) is 6.27. The number of aromatic nitrogens is 3. The maximum Gasteiger partial charge on any atom is 0.276 e. The van der Waals surface area contributed by atoms with E-state index in [1.165, 1.54) is 0 Å². The highest BCUT2D eigenvalue weighted by Crippen LogP contribution is 2.23. The van der Waals surface area contributed by atoms with Gasteiger partial charge in [-0.15, -0.1) is 5.10 Å². The molecule has 2 aromatic rings. The Kier molecular flexibility index (Phi) is 4.20. The summed E-state index contributed by atoms with van der Waals surface area (Å²) in [6.45, 7) is 2.47. The first-order valence-electron chi connectivity index (χ1n) is 7.62. The summed E-state index contributed by atoms with van der Waals surface area (Å²) in [7, 11) is 0. The van der Waals surface area contributed by atoms with Crippen LogP contribution in [0.5, 0.6) is 0 Å². The van der Waals surface area contributed by atoms with E-state index in [0.717, 1.165) is 18.5 Å². The average Bonchev–Trinajstić information content (AvgIpc) is 3.16. The van der Waals surface area contributed by atoms with Gasteiger partial charge in [0.15, 0.2) is 5.69 Å². The van der Waals surface area contributed by atoms with Crippen molar-refractivity contribution >= 4 is 5.91 Å². The van der Waals surface area contributed by atoms with Crippen molar-refractivity contribution in [2.24, 2.45) is 0 Å². The summed E-state index contributed by atoms with van der Waals surface area (Å²) in [4.78, 5) is 14.4. The molecule has 0 radical (unpaired) electrons. The summed E-state index contributed by atoms with van der Waals surface area (Å²) in [6.07, 6.45) is 3.77. The normalized spacial score (nSPS) is 19.4. The Morgan fingerprint density at radius 2 is 2.18 bits per heavy atom. The molecule has 0 saturated carbocycles. The smallest absolute Gasteiger partial charge is 0.276 e. The highest BCUT2D eigenvalue weighted by molar-refractivity contribution is 5.92. The second-order valence-corrected chi connectivity index (χ2v) is 5.76. The Morgan fingerprint density at radius 3 is 2.91 bits per heavy atom. The molecule has 2 heterocycles. The molecule has 1 aromatic heterocycles. The lowest BCUT2D eigenvalue weighted by Crippen LogP contribution is -2.37. The first kappa shape index (κ1) is 14.7. The third-order valence-electron chi connectivity index (χ3n) is 3.98. The highest BCUT2D eigenvalue weighted by atomic mass is 16.3. The zero-order valence-corrected chi connectivity index (χ0v) is 12.6. The molecule has 116 valence electrons. The molecule has 1 saturated heterocycles. The van der Waals surface area contributed by atoms with Gasteiger partial charge in [0.2, 0.25) is 0 Å². The number of hydrogen-bond donors (Lipinski definition) is 1. The van der Waals surface area contributed by atoms with E-state index < -0.39 is 6.10 Å². The molecule has 1 aromatic carbocycles. The van der Waals surface area contributed by atoms with Crippen LogP contribution in [0.2, 0.25) is 0 Å².